The zero-order valence-corrected chi connectivity index (χ0v) is 18.3. The average molecular weight is 474 g/mol. The molecule has 156 valence electrons. The van der Waals surface area contributed by atoms with Gasteiger partial charge in [0.2, 0.25) is 12.3 Å². The van der Waals surface area contributed by atoms with Crippen LogP contribution in [0.25, 0.3) is 0 Å². The Morgan fingerprint density at radius 2 is 1.61 bits per heavy atom. The second-order valence-electron chi connectivity index (χ2n) is 6.99. The van der Waals surface area contributed by atoms with Gasteiger partial charge in [-0.2, -0.15) is 0 Å². The highest BCUT2D eigenvalue weighted by molar-refractivity contribution is 6.36. The second kappa shape index (κ2) is 9.10. The Bertz CT molecular complexity index is 1160. The molecule has 0 radical (unpaired) electrons. The van der Waals surface area contributed by atoms with Crippen LogP contribution >= 0.6 is 34.8 Å². The summed E-state index contributed by atoms with van der Waals surface area (Å²) in [7, 11) is 0. The molecule has 3 aromatic rings. The van der Waals surface area contributed by atoms with Gasteiger partial charge in [-0.1, -0.05) is 65.1 Å². The van der Waals surface area contributed by atoms with Crippen molar-refractivity contribution in [2.45, 2.75) is 12.1 Å². The molecule has 1 heterocycles. The number of halogens is 3. The van der Waals surface area contributed by atoms with Gasteiger partial charge in [0.05, 0.1) is 10.6 Å². The molecule has 2 atom stereocenters. The molecule has 0 aliphatic carbocycles. The Morgan fingerprint density at radius 1 is 0.935 bits per heavy atom. The first-order chi connectivity index (χ1) is 14.9. The van der Waals surface area contributed by atoms with Crippen LogP contribution in [-0.2, 0) is 4.79 Å². The molecule has 1 saturated heterocycles. The van der Waals surface area contributed by atoms with E-state index >= 15 is 0 Å². The lowest BCUT2D eigenvalue weighted by molar-refractivity contribution is -0.596. The van der Waals surface area contributed by atoms with Crippen molar-refractivity contribution in [3.8, 4) is 0 Å². The van der Waals surface area contributed by atoms with E-state index in [1.54, 1.807) is 53.4 Å². The molecule has 1 fully saturated rings. The molecule has 2 N–H and O–H groups in total. The van der Waals surface area contributed by atoms with Gasteiger partial charge in [0.25, 0.3) is 5.91 Å². The Hall–Kier alpha value is -2.86. The van der Waals surface area contributed by atoms with E-state index in [0.29, 0.717) is 26.2 Å². The van der Waals surface area contributed by atoms with Crippen LogP contribution in [0, 0.1) is 0 Å². The van der Waals surface area contributed by atoms with Crippen molar-refractivity contribution in [2.24, 2.45) is 0 Å². The van der Waals surface area contributed by atoms with E-state index in [0.717, 1.165) is 5.56 Å². The van der Waals surface area contributed by atoms with Crippen molar-refractivity contribution in [3.05, 3.63) is 105 Å². The van der Waals surface area contributed by atoms with Gasteiger partial charge in [-0.3, -0.25) is 9.59 Å². The van der Waals surface area contributed by atoms with Gasteiger partial charge in [0, 0.05) is 21.2 Å². The van der Waals surface area contributed by atoms with Crippen LogP contribution in [0.5, 0.6) is 0 Å². The van der Waals surface area contributed by atoms with E-state index in [9.17, 15) is 9.59 Å². The summed E-state index contributed by atoms with van der Waals surface area (Å²) in [6, 6.07) is 19.7. The van der Waals surface area contributed by atoms with Gasteiger partial charge in [0.15, 0.2) is 6.04 Å². The number of hydrazine groups is 1. The minimum absolute atomic E-state index is 0.336. The van der Waals surface area contributed by atoms with Crippen molar-refractivity contribution in [3.63, 3.8) is 0 Å². The normalized spacial score (nSPS) is 19.3. The average Bonchev–Trinajstić information content (AvgIpc) is 3.06. The van der Waals surface area contributed by atoms with Crippen LogP contribution in [0.1, 0.15) is 27.5 Å². The van der Waals surface area contributed by atoms with Crippen LogP contribution < -0.4 is 10.7 Å². The van der Waals surface area contributed by atoms with Gasteiger partial charge in [0.1, 0.15) is 0 Å². The van der Waals surface area contributed by atoms with E-state index in [2.05, 4.69) is 10.7 Å². The zero-order chi connectivity index (χ0) is 22.0. The highest BCUT2D eigenvalue weighted by Gasteiger charge is 2.47. The SMILES string of the molecule is O=C(N[C@@H]1C(=O)N/[N+](=C\c2ccc(Cl)cc2Cl)[C@@H]1c1ccccc1)c1ccc(Cl)cc1. The van der Waals surface area contributed by atoms with Gasteiger partial charge in [-0.05, 0) is 42.5 Å². The summed E-state index contributed by atoms with van der Waals surface area (Å²) >= 11 is 18.2. The lowest BCUT2D eigenvalue weighted by Gasteiger charge is -2.14. The minimum Gasteiger partial charge on any atom is -0.334 e. The summed E-state index contributed by atoms with van der Waals surface area (Å²) in [4.78, 5) is 25.6. The molecule has 0 bridgehead atoms. The smallest absolute Gasteiger partial charge is 0.304 e. The minimum atomic E-state index is -0.826. The van der Waals surface area contributed by atoms with Crippen molar-refractivity contribution in [1.29, 1.82) is 0 Å². The van der Waals surface area contributed by atoms with Crippen LogP contribution in [0.3, 0.4) is 0 Å². The second-order valence-corrected chi connectivity index (χ2v) is 8.27. The molecular weight excluding hydrogens is 457 g/mol. The molecule has 0 aromatic heterocycles. The summed E-state index contributed by atoms with van der Waals surface area (Å²) in [5, 5.41) is 4.33. The first-order valence-corrected chi connectivity index (χ1v) is 10.6. The molecule has 4 rings (SSSR count). The number of rotatable bonds is 4. The highest BCUT2D eigenvalue weighted by Crippen LogP contribution is 2.27. The standard InChI is InChI=1S/C23H16Cl3N3O2/c24-17-9-6-15(7-10-17)22(30)27-20-21(14-4-2-1-3-5-14)29(28-23(20)31)13-16-8-11-18(25)12-19(16)26/h1-13,20-21H,(H-,27,28,30,31)/p+1/b29-13-/t20-,21+/m0/s1. The van der Waals surface area contributed by atoms with Gasteiger partial charge in [-0.25, -0.2) is 0 Å². The monoisotopic (exact) mass is 472 g/mol. The Labute approximate surface area is 194 Å². The number of carbonyl (C=O) groups excluding carboxylic acids is 2. The Kier molecular flexibility index (Phi) is 6.28. The van der Waals surface area contributed by atoms with E-state index in [-0.39, 0.29) is 11.8 Å². The molecule has 8 heteroatoms. The fourth-order valence-electron chi connectivity index (χ4n) is 3.41. The number of carbonyl (C=O) groups is 2. The van der Waals surface area contributed by atoms with Crippen molar-refractivity contribution in [1.82, 2.24) is 10.7 Å². The number of benzene rings is 3. The Morgan fingerprint density at radius 3 is 2.29 bits per heavy atom. The molecule has 0 unspecified atom stereocenters. The van der Waals surface area contributed by atoms with Crippen LogP contribution in [-0.4, -0.2) is 28.8 Å². The fourth-order valence-corrected chi connectivity index (χ4v) is 4.00. The highest BCUT2D eigenvalue weighted by atomic mass is 35.5. The summed E-state index contributed by atoms with van der Waals surface area (Å²) < 4.78 is 1.65. The van der Waals surface area contributed by atoms with Crippen molar-refractivity contribution in [2.75, 3.05) is 0 Å². The predicted molar refractivity (Wildman–Crippen MR) is 122 cm³/mol. The molecule has 0 saturated carbocycles. The number of hydrogen-bond donors (Lipinski definition) is 2. The van der Waals surface area contributed by atoms with Crippen molar-refractivity contribution < 1.29 is 14.3 Å². The topological polar surface area (TPSA) is 61.2 Å². The third-order valence-electron chi connectivity index (χ3n) is 4.91. The van der Waals surface area contributed by atoms with E-state index in [4.69, 9.17) is 34.8 Å². The van der Waals surface area contributed by atoms with Crippen LogP contribution in [0.2, 0.25) is 15.1 Å². The first-order valence-electron chi connectivity index (χ1n) is 9.42. The predicted octanol–water partition coefficient (Wildman–Crippen LogP) is 4.66. The van der Waals surface area contributed by atoms with E-state index in [1.807, 2.05) is 30.3 Å². The molecule has 1 aliphatic heterocycles. The number of hydrazone groups is 1. The quantitative estimate of drug-likeness (QED) is 0.541. The molecular formula is C23H17Cl3N3O2+. The molecule has 2 amide bonds. The molecule has 5 nitrogen and oxygen atoms in total. The lowest BCUT2D eigenvalue weighted by atomic mass is 10.00. The summed E-state index contributed by atoms with van der Waals surface area (Å²) in [5.41, 5.74) is 4.76. The lowest BCUT2D eigenvalue weighted by Crippen LogP contribution is -2.42. The maximum atomic E-state index is 12.9. The largest absolute Gasteiger partial charge is 0.334 e. The summed E-state index contributed by atoms with van der Waals surface area (Å²) in [5.74, 6) is -0.707. The molecule has 31 heavy (non-hydrogen) atoms. The number of amides is 2. The Balaban J connectivity index is 1.70. The zero-order valence-electron chi connectivity index (χ0n) is 16.1. The van der Waals surface area contributed by atoms with Gasteiger partial charge >= 0.3 is 5.91 Å². The summed E-state index contributed by atoms with van der Waals surface area (Å²) in [6.07, 6.45) is 1.72. The van der Waals surface area contributed by atoms with Crippen LogP contribution in [0.15, 0.2) is 72.8 Å². The van der Waals surface area contributed by atoms with Crippen molar-refractivity contribution >= 4 is 52.8 Å². The first kappa shape index (κ1) is 21.4. The van der Waals surface area contributed by atoms with Gasteiger partial charge in [-0.15, -0.1) is 10.1 Å². The maximum Gasteiger partial charge on any atom is 0.304 e. The molecule has 0 spiro atoms. The number of hydrogen-bond acceptors (Lipinski definition) is 2. The summed E-state index contributed by atoms with van der Waals surface area (Å²) in [6.45, 7) is 0. The third-order valence-corrected chi connectivity index (χ3v) is 5.73. The van der Waals surface area contributed by atoms with E-state index < -0.39 is 12.1 Å². The van der Waals surface area contributed by atoms with Crippen LogP contribution in [0.4, 0.5) is 0 Å². The fraction of sp³-hybridized carbons (Fsp3) is 0.0870. The maximum absolute atomic E-state index is 12.9. The van der Waals surface area contributed by atoms with E-state index in [1.165, 1.54) is 0 Å². The third kappa shape index (κ3) is 4.74. The molecule has 1 aliphatic rings. The number of nitrogens with zero attached hydrogens (tertiary/aromatic N) is 1. The number of nitrogens with one attached hydrogen (secondary N) is 2. The molecule has 3 aromatic carbocycles. The van der Waals surface area contributed by atoms with Gasteiger partial charge < -0.3 is 5.32 Å².